The molecule has 1 fully saturated rings. The van der Waals surface area contributed by atoms with Crippen molar-refractivity contribution in [3.8, 4) is 0 Å². The van der Waals surface area contributed by atoms with Crippen molar-refractivity contribution in [1.29, 1.82) is 0 Å². The monoisotopic (exact) mass is 310 g/mol. The van der Waals surface area contributed by atoms with Gasteiger partial charge in [-0.1, -0.05) is 29.3 Å². The number of halogens is 1. The maximum atomic E-state index is 5.44. The van der Waals surface area contributed by atoms with Crippen molar-refractivity contribution >= 4 is 39.2 Å². The lowest BCUT2D eigenvalue weighted by Gasteiger charge is -2.03. The highest BCUT2D eigenvalue weighted by Crippen LogP contribution is 2.47. The van der Waals surface area contributed by atoms with Crippen molar-refractivity contribution in [2.24, 2.45) is 5.92 Å². The van der Waals surface area contributed by atoms with Crippen LogP contribution in [-0.2, 0) is 0 Å². The molecule has 0 aliphatic heterocycles. The minimum Gasteiger partial charge on any atom is -0.331 e. The molecule has 1 aliphatic rings. The summed E-state index contributed by atoms with van der Waals surface area (Å²) in [5, 5.41) is 0. The van der Waals surface area contributed by atoms with Crippen molar-refractivity contribution < 1.29 is 0 Å². The van der Waals surface area contributed by atoms with E-state index in [2.05, 4.69) is 44.5 Å². The number of hydrogen-bond donors (Lipinski definition) is 1. The molecule has 1 aliphatic carbocycles. The van der Waals surface area contributed by atoms with Gasteiger partial charge in [-0.2, -0.15) is 0 Å². The van der Waals surface area contributed by atoms with Crippen LogP contribution in [0, 0.1) is 10.7 Å². The number of aromatic nitrogens is 2. The number of H-pyrrole nitrogens is 1. The quantitative estimate of drug-likeness (QED) is 0.806. The zero-order valence-corrected chi connectivity index (χ0v) is 12.1. The topological polar surface area (TPSA) is 20.7 Å². The van der Waals surface area contributed by atoms with E-state index < -0.39 is 0 Å². The Hall–Kier alpha value is -0.610. The average Bonchev–Trinajstić information content (AvgIpc) is 2.94. The predicted octanol–water partition coefficient (Wildman–Crippen LogP) is 4.82. The van der Waals surface area contributed by atoms with Crippen LogP contribution >= 0.6 is 28.1 Å². The largest absolute Gasteiger partial charge is 0.331 e. The van der Waals surface area contributed by atoms with Gasteiger partial charge in [0.1, 0.15) is 0 Å². The Labute approximate surface area is 114 Å². The van der Waals surface area contributed by atoms with Gasteiger partial charge in [0.2, 0.25) is 0 Å². The van der Waals surface area contributed by atoms with Gasteiger partial charge in [0.25, 0.3) is 0 Å². The van der Waals surface area contributed by atoms with E-state index in [0.717, 1.165) is 20.7 Å². The molecule has 2 atom stereocenters. The van der Waals surface area contributed by atoms with Crippen LogP contribution in [0.15, 0.2) is 22.7 Å². The standard InChI is InChI=1S/C13H15BrN2S/c1-2-3-8-6-11(8)16-12-7-9(14)4-5-10(12)15-13(16)17/h4-5,7-8,11H,2-3,6H2,1H3,(H,15,17). The van der Waals surface area contributed by atoms with Crippen molar-refractivity contribution in [2.45, 2.75) is 32.2 Å². The molecule has 0 saturated heterocycles. The third kappa shape index (κ3) is 1.97. The molecule has 17 heavy (non-hydrogen) atoms. The molecule has 4 heteroatoms. The van der Waals surface area contributed by atoms with Gasteiger partial charge in [0, 0.05) is 10.5 Å². The third-order valence-electron chi connectivity index (χ3n) is 3.56. The van der Waals surface area contributed by atoms with Gasteiger partial charge in [-0.15, -0.1) is 0 Å². The minimum absolute atomic E-state index is 0.616. The van der Waals surface area contributed by atoms with Crippen LogP contribution in [0.2, 0.25) is 0 Å². The molecular formula is C13H15BrN2S. The summed E-state index contributed by atoms with van der Waals surface area (Å²) in [5.41, 5.74) is 2.37. The molecule has 0 spiro atoms. The zero-order chi connectivity index (χ0) is 12.0. The molecule has 1 heterocycles. The number of nitrogens with zero attached hydrogens (tertiary/aromatic N) is 1. The number of fused-ring (bicyclic) bond motifs is 1. The number of aromatic amines is 1. The summed E-state index contributed by atoms with van der Waals surface area (Å²) in [7, 11) is 0. The first kappa shape index (κ1) is 11.5. The molecule has 1 aromatic carbocycles. The van der Waals surface area contributed by atoms with Gasteiger partial charge in [0.05, 0.1) is 11.0 Å². The van der Waals surface area contributed by atoms with Gasteiger partial charge in [0.15, 0.2) is 4.77 Å². The lowest BCUT2D eigenvalue weighted by molar-refractivity contribution is 0.613. The lowest BCUT2D eigenvalue weighted by atomic mass is 10.2. The fraction of sp³-hybridized carbons (Fsp3) is 0.462. The highest BCUT2D eigenvalue weighted by Gasteiger charge is 2.38. The first-order valence-corrected chi connectivity index (χ1v) is 7.30. The van der Waals surface area contributed by atoms with Crippen molar-refractivity contribution in [2.75, 3.05) is 0 Å². The fourth-order valence-corrected chi connectivity index (χ4v) is 3.35. The van der Waals surface area contributed by atoms with Crippen LogP contribution in [0.3, 0.4) is 0 Å². The zero-order valence-electron chi connectivity index (χ0n) is 9.74. The molecule has 2 aromatic rings. The lowest BCUT2D eigenvalue weighted by Crippen LogP contribution is -1.96. The molecule has 1 saturated carbocycles. The summed E-state index contributed by atoms with van der Waals surface area (Å²) in [6.07, 6.45) is 3.86. The SMILES string of the molecule is CCCC1CC1n1c(=S)[nH]c2ccc(Br)cc21. The molecule has 2 nitrogen and oxygen atoms in total. The highest BCUT2D eigenvalue weighted by atomic mass is 79.9. The van der Waals surface area contributed by atoms with Gasteiger partial charge in [-0.3, -0.25) is 0 Å². The normalized spacial score (nSPS) is 23.2. The maximum absolute atomic E-state index is 5.44. The van der Waals surface area contributed by atoms with E-state index >= 15 is 0 Å². The van der Waals surface area contributed by atoms with E-state index in [1.165, 1.54) is 24.8 Å². The average molecular weight is 311 g/mol. The number of nitrogens with one attached hydrogen (secondary N) is 1. The first-order valence-electron chi connectivity index (χ1n) is 6.10. The van der Waals surface area contributed by atoms with E-state index in [1.807, 2.05) is 6.07 Å². The maximum Gasteiger partial charge on any atom is 0.178 e. The van der Waals surface area contributed by atoms with Crippen LogP contribution in [0.25, 0.3) is 11.0 Å². The van der Waals surface area contributed by atoms with Crippen molar-refractivity contribution in [1.82, 2.24) is 9.55 Å². The van der Waals surface area contributed by atoms with Crippen molar-refractivity contribution in [3.05, 3.63) is 27.4 Å². The highest BCUT2D eigenvalue weighted by molar-refractivity contribution is 9.10. The first-order chi connectivity index (χ1) is 8.20. The molecular weight excluding hydrogens is 296 g/mol. The number of rotatable bonds is 3. The molecule has 0 bridgehead atoms. The summed E-state index contributed by atoms with van der Waals surface area (Å²) < 4.78 is 4.28. The Morgan fingerprint density at radius 3 is 3.12 bits per heavy atom. The van der Waals surface area contributed by atoms with E-state index in [-0.39, 0.29) is 0 Å². The molecule has 2 unspecified atom stereocenters. The molecule has 3 rings (SSSR count). The Kier molecular flexibility index (Phi) is 2.87. The molecule has 0 radical (unpaired) electrons. The second kappa shape index (κ2) is 4.25. The number of imidazole rings is 1. The van der Waals surface area contributed by atoms with Crippen LogP contribution in [0.5, 0.6) is 0 Å². The van der Waals surface area contributed by atoms with Crippen LogP contribution in [0.1, 0.15) is 32.2 Å². The van der Waals surface area contributed by atoms with Crippen molar-refractivity contribution in [3.63, 3.8) is 0 Å². The molecule has 1 aromatic heterocycles. The van der Waals surface area contributed by atoms with E-state index in [1.54, 1.807) is 0 Å². The van der Waals surface area contributed by atoms with Crippen LogP contribution in [-0.4, -0.2) is 9.55 Å². The summed E-state index contributed by atoms with van der Waals surface area (Å²) in [6.45, 7) is 2.25. The minimum atomic E-state index is 0.616. The third-order valence-corrected chi connectivity index (χ3v) is 4.35. The Balaban J connectivity index is 2.07. The Morgan fingerprint density at radius 1 is 1.53 bits per heavy atom. The molecule has 0 amide bonds. The fourth-order valence-electron chi connectivity index (χ4n) is 2.65. The van der Waals surface area contributed by atoms with E-state index in [9.17, 15) is 0 Å². The summed E-state index contributed by atoms with van der Waals surface area (Å²) in [6, 6.07) is 6.91. The second-order valence-corrected chi connectivity index (χ2v) is 6.12. The van der Waals surface area contributed by atoms with Crippen LogP contribution in [0.4, 0.5) is 0 Å². The smallest absolute Gasteiger partial charge is 0.178 e. The van der Waals surface area contributed by atoms with E-state index in [4.69, 9.17) is 12.2 Å². The Morgan fingerprint density at radius 2 is 2.35 bits per heavy atom. The van der Waals surface area contributed by atoms with Gasteiger partial charge in [-0.05, 0) is 49.2 Å². The van der Waals surface area contributed by atoms with Gasteiger partial charge < -0.3 is 9.55 Å². The Bertz CT molecular complexity index is 613. The summed E-state index contributed by atoms with van der Waals surface area (Å²) in [4.78, 5) is 3.30. The second-order valence-electron chi connectivity index (χ2n) is 4.81. The predicted molar refractivity (Wildman–Crippen MR) is 76.9 cm³/mol. The number of hydrogen-bond acceptors (Lipinski definition) is 1. The number of benzene rings is 1. The molecule has 1 N–H and O–H groups in total. The van der Waals surface area contributed by atoms with E-state index in [0.29, 0.717) is 6.04 Å². The summed E-state index contributed by atoms with van der Waals surface area (Å²) >= 11 is 8.97. The molecule has 90 valence electrons. The van der Waals surface area contributed by atoms with Gasteiger partial charge in [-0.25, -0.2) is 0 Å². The van der Waals surface area contributed by atoms with Gasteiger partial charge >= 0.3 is 0 Å². The summed E-state index contributed by atoms with van der Waals surface area (Å²) in [5.74, 6) is 0.824. The van der Waals surface area contributed by atoms with Crippen LogP contribution < -0.4 is 0 Å².